The summed E-state index contributed by atoms with van der Waals surface area (Å²) in [5, 5.41) is 3.06. The fourth-order valence-electron chi connectivity index (χ4n) is 2.44. The summed E-state index contributed by atoms with van der Waals surface area (Å²) >= 11 is 0. The average molecular weight is 247 g/mol. The molecule has 18 heavy (non-hydrogen) atoms. The Morgan fingerprint density at radius 3 is 2.56 bits per heavy atom. The second kappa shape index (κ2) is 5.29. The van der Waals surface area contributed by atoms with Crippen molar-refractivity contribution in [3.8, 4) is 0 Å². The highest BCUT2D eigenvalue weighted by Gasteiger charge is 2.18. The second-order valence-corrected chi connectivity index (χ2v) is 5.12. The molecule has 0 heterocycles. The van der Waals surface area contributed by atoms with E-state index in [0.29, 0.717) is 17.3 Å². The zero-order chi connectivity index (χ0) is 13.1. The van der Waals surface area contributed by atoms with Crippen molar-refractivity contribution in [2.75, 3.05) is 24.7 Å². The fraction of sp³-hybridized carbons (Fsp3) is 0.500. The van der Waals surface area contributed by atoms with Crippen LogP contribution in [0.2, 0.25) is 0 Å². The molecule has 0 unspecified atom stereocenters. The van der Waals surface area contributed by atoms with E-state index in [1.165, 1.54) is 12.8 Å². The van der Waals surface area contributed by atoms with E-state index in [2.05, 4.69) is 5.32 Å². The van der Waals surface area contributed by atoms with Gasteiger partial charge in [-0.1, -0.05) is 12.8 Å². The summed E-state index contributed by atoms with van der Waals surface area (Å²) in [4.78, 5) is 14.0. The Morgan fingerprint density at radius 2 is 2.00 bits per heavy atom. The van der Waals surface area contributed by atoms with Gasteiger partial charge in [-0.05, 0) is 31.0 Å². The van der Waals surface area contributed by atoms with Crippen molar-refractivity contribution in [1.29, 1.82) is 0 Å². The molecule has 1 fully saturated rings. The highest BCUT2D eigenvalue weighted by atomic mass is 16.1. The third kappa shape index (κ3) is 2.75. The molecule has 1 aliphatic rings. The molecular weight excluding hydrogens is 226 g/mol. The zero-order valence-corrected chi connectivity index (χ0v) is 11.1. The Kier molecular flexibility index (Phi) is 3.75. The first-order valence-electron chi connectivity index (χ1n) is 6.45. The van der Waals surface area contributed by atoms with Crippen LogP contribution in [-0.4, -0.2) is 26.0 Å². The number of benzene rings is 1. The summed E-state index contributed by atoms with van der Waals surface area (Å²) < 4.78 is 0. The monoisotopic (exact) mass is 247 g/mol. The fourth-order valence-corrected chi connectivity index (χ4v) is 2.44. The molecule has 1 amide bonds. The van der Waals surface area contributed by atoms with E-state index in [0.717, 1.165) is 18.5 Å². The maximum atomic E-state index is 12.1. The first-order chi connectivity index (χ1) is 8.58. The van der Waals surface area contributed by atoms with Crippen molar-refractivity contribution in [2.24, 2.45) is 0 Å². The molecular formula is C14H21N3O. The Bertz CT molecular complexity index is 437. The minimum atomic E-state index is -0.0149. The number of carbonyl (C=O) groups excluding carboxylic acids is 1. The van der Waals surface area contributed by atoms with Gasteiger partial charge >= 0.3 is 0 Å². The lowest BCUT2D eigenvalue weighted by molar-refractivity contribution is 0.0938. The average Bonchev–Trinajstić information content (AvgIpc) is 2.81. The van der Waals surface area contributed by atoms with Crippen LogP contribution in [0.25, 0.3) is 0 Å². The first kappa shape index (κ1) is 12.7. The van der Waals surface area contributed by atoms with Gasteiger partial charge in [0.1, 0.15) is 0 Å². The summed E-state index contributed by atoms with van der Waals surface area (Å²) in [5.74, 6) is -0.0149. The van der Waals surface area contributed by atoms with Gasteiger partial charge in [-0.15, -0.1) is 0 Å². The number of nitrogens with two attached hydrogens (primary N) is 1. The lowest BCUT2D eigenvalue weighted by Crippen LogP contribution is -2.32. The maximum absolute atomic E-state index is 12.1. The quantitative estimate of drug-likeness (QED) is 0.803. The van der Waals surface area contributed by atoms with Crippen molar-refractivity contribution >= 4 is 17.3 Å². The number of amides is 1. The molecule has 4 nitrogen and oxygen atoms in total. The van der Waals surface area contributed by atoms with Crippen molar-refractivity contribution in [3.05, 3.63) is 23.8 Å². The molecule has 0 radical (unpaired) electrons. The van der Waals surface area contributed by atoms with Gasteiger partial charge in [0.05, 0.1) is 11.4 Å². The lowest BCUT2D eigenvalue weighted by Gasteiger charge is -2.17. The van der Waals surface area contributed by atoms with Crippen molar-refractivity contribution in [1.82, 2.24) is 5.32 Å². The molecule has 0 spiro atoms. The molecule has 0 aliphatic heterocycles. The number of carbonyl (C=O) groups is 1. The second-order valence-electron chi connectivity index (χ2n) is 5.12. The molecule has 0 bridgehead atoms. The van der Waals surface area contributed by atoms with Crippen LogP contribution in [0.1, 0.15) is 36.0 Å². The summed E-state index contributed by atoms with van der Waals surface area (Å²) in [7, 11) is 3.87. The summed E-state index contributed by atoms with van der Waals surface area (Å²) in [6.07, 6.45) is 4.62. The van der Waals surface area contributed by atoms with E-state index in [1.807, 2.05) is 31.1 Å². The van der Waals surface area contributed by atoms with Crippen LogP contribution in [0, 0.1) is 0 Å². The molecule has 1 aromatic rings. The van der Waals surface area contributed by atoms with Crippen LogP contribution >= 0.6 is 0 Å². The van der Waals surface area contributed by atoms with E-state index in [4.69, 9.17) is 5.73 Å². The lowest BCUT2D eigenvalue weighted by atomic mass is 10.1. The van der Waals surface area contributed by atoms with Crippen molar-refractivity contribution in [2.45, 2.75) is 31.7 Å². The maximum Gasteiger partial charge on any atom is 0.251 e. The Hall–Kier alpha value is -1.71. The predicted octanol–water partition coefficient (Wildman–Crippen LogP) is 2.01. The van der Waals surface area contributed by atoms with Crippen LogP contribution in [-0.2, 0) is 0 Å². The third-order valence-corrected chi connectivity index (χ3v) is 3.46. The van der Waals surface area contributed by atoms with E-state index in [1.54, 1.807) is 6.07 Å². The third-order valence-electron chi connectivity index (χ3n) is 3.46. The van der Waals surface area contributed by atoms with Gasteiger partial charge in [-0.3, -0.25) is 4.79 Å². The number of hydrogen-bond acceptors (Lipinski definition) is 3. The van der Waals surface area contributed by atoms with Gasteiger partial charge in [0.2, 0.25) is 0 Å². The number of nitrogen functional groups attached to an aromatic ring is 1. The molecule has 4 heteroatoms. The van der Waals surface area contributed by atoms with E-state index >= 15 is 0 Å². The Morgan fingerprint density at radius 1 is 1.33 bits per heavy atom. The molecule has 1 aromatic carbocycles. The van der Waals surface area contributed by atoms with Crippen LogP contribution in [0.15, 0.2) is 18.2 Å². The minimum Gasteiger partial charge on any atom is -0.397 e. The normalized spacial score (nSPS) is 15.7. The number of nitrogens with zero attached hydrogens (tertiary/aromatic N) is 1. The van der Waals surface area contributed by atoms with E-state index in [9.17, 15) is 4.79 Å². The van der Waals surface area contributed by atoms with Gasteiger partial charge in [-0.2, -0.15) is 0 Å². The van der Waals surface area contributed by atoms with Gasteiger partial charge in [0.15, 0.2) is 0 Å². The van der Waals surface area contributed by atoms with Gasteiger partial charge in [0, 0.05) is 25.7 Å². The van der Waals surface area contributed by atoms with Crippen LogP contribution in [0.3, 0.4) is 0 Å². The number of anilines is 2. The molecule has 2 rings (SSSR count). The number of rotatable bonds is 3. The highest BCUT2D eigenvalue weighted by Crippen LogP contribution is 2.23. The number of nitrogens with one attached hydrogen (secondary N) is 1. The minimum absolute atomic E-state index is 0.0149. The predicted molar refractivity (Wildman–Crippen MR) is 74.9 cm³/mol. The first-order valence-corrected chi connectivity index (χ1v) is 6.45. The molecule has 98 valence electrons. The molecule has 0 saturated heterocycles. The summed E-state index contributed by atoms with van der Waals surface area (Å²) in [6, 6.07) is 5.81. The van der Waals surface area contributed by atoms with Crippen molar-refractivity contribution in [3.63, 3.8) is 0 Å². The van der Waals surface area contributed by atoms with Gasteiger partial charge < -0.3 is 16.0 Å². The molecule has 1 saturated carbocycles. The van der Waals surface area contributed by atoms with Crippen LogP contribution in [0.4, 0.5) is 11.4 Å². The van der Waals surface area contributed by atoms with Crippen LogP contribution < -0.4 is 16.0 Å². The molecule has 0 aromatic heterocycles. The van der Waals surface area contributed by atoms with Gasteiger partial charge in [-0.25, -0.2) is 0 Å². The Balaban J connectivity index is 2.08. The SMILES string of the molecule is CN(C)c1ccc(C(=O)NC2CCCC2)cc1N. The van der Waals surface area contributed by atoms with Crippen LogP contribution in [0.5, 0.6) is 0 Å². The molecule has 1 aliphatic carbocycles. The zero-order valence-electron chi connectivity index (χ0n) is 11.1. The van der Waals surface area contributed by atoms with E-state index in [-0.39, 0.29) is 5.91 Å². The number of hydrogen-bond donors (Lipinski definition) is 2. The molecule has 3 N–H and O–H groups in total. The van der Waals surface area contributed by atoms with Crippen molar-refractivity contribution < 1.29 is 4.79 Å². The standard InChI is InChI=1S/C14H21N3O/c1-17(2)13-8-7-10(9-12(13)15)14(18)16-11-5-3-4-6-11/h7-9,11H,3-6,15H2,1-2H3,(H,16,18). The topological polar surface area (TPSA) is 58.4 Å². The summed E-state index contributed by atoms with van der Waals surface area (Å²) in [6.45, 7) is 0. The highest BCUT2D eigenvalue weighted by molar-refractivity contribution is 5.96. The largest absolute Gasteiger partial charge is 0.397 e. The summed E-state index contributed by atoms with van der Waals surface area (Å²) in [5.41, 5.74) is 8.17. The van der Waals surface area contributed by atoms with Gasteiger partial charge in [0.25, 0.3) is 5.91 Å². The Labute approximate surface area is 108 Å². The molecule has 0 atom stereocenters. The van der Waals surface area contributed by atoms with E-state index < -0.39 is 0 Å². The smallest absolute Gasteiger partial charge is 0.251 e.